The molecule has 0 spiro atoms. The van der Waals surface area contributed by atoms with Crippen molar-refractivity contribution in [1.82, 2.24) is 0 Å². The van der Waals surface area contributed by atoms with E-state index in [1.54, 1.807) is 0 Å². The summed E-state index contributed by atoms with van der Waals surface area (Å²) in [5.41, 5.74) is 1.37. The van der Waals surface area contributed by atoms with Crippen LogP contribution in [0.2, 0.25) is 0 Å². The van der Waals surface area contributed by atoms with Crippen molar-refractivity contribution in [3.63, 3.8) is 0 Å². The fraction of sp³-hybridized carbons (Fsp3) is 0.286. The molecule has 0 nitrogen and oxygen atoms in total. The summed E-state index contributed by atoms with van der Waals surface area (Å²) in [6, 6.07) is 10.6. The van der Waals surface area contributed by atoms with Gasteiger partial charge in [-0.3, -0.25) is 0 Å². The van der Waals surface area contributed by atoms with E-state index in [4.69, 9.17) is 0 Å². The van der Waals surface area contributed by atoms with Crippen LogP contribution in [-0.2, 0) is 0 Å². The van der Waals surface area contributed by atoms with Gasteiger partial charge in [-0.1, -0.05) is 48.6 Å². The minimum absolute atomic E-state index is 0.493. The molecule has 0 aliphatic heterocycles. The molecule has 0 radical (unpaired) electrons. The lowest BCUT2D eigenvalue weighted by Gasteiger charge is -2.10. The van der Waals surface area contributed by atoms with E-state index in [9.17, 15) is 0 Å². The Morgan fingerprint density at radius 1 is 1.29 bits per heavy atom. The Labute approximate surface area is 87.0 Å². The standard InChI is InChI=1S/C14H18/c1-3-5-7-10-13(4-2)14-11-8-6-9-12-14/h3-6,8-9,11-13H,2,7,10H2,1H3/b5-3-/t13-/m1/s1. The first kappa shape index (κ1) is 10.8. The smallest absolute Gasteiger partial charge is 0.00182 e. The van der Waals surface area contributed by atoms with Crippen LogP contribution in [0.5, 0.6) is 0 Å². The maximum Gasteiger partial charge on any atom is 0.00182 e. The van der Waals surface area contributed by atoms with Gasteiger partial charge >= 0.3 is 0 Å². The molecule has 14 heavy (non-hydrogen) atoms. The van der Waals surface area contributed by atoms with Crippen LogP contribution in [0, 0.1) is 0 Å². The zero-order valence-electron chi connectivity index (χ0n) is 8.82. The fourth-order valence-corrected chi connectivity index (χ4v) is 1.56. The molecule has 1 atom stereocenters. The second-order valence-corrected chi connectivity index (χ2v) is 3.40. The van der Waals surface area contributed by atoms with E-state index in [1.807, 2.05) is 6.08 Å². The van der Waals surface area contributed by atoms with Crippen molar-refractivity contribution in [3.8, 4) is 0 Å². The second-order valence-electron chi connectivity index (χ2n) is 3.40. The van der Waals surface area contributed by atoms with Gasteiger partial charge in [-0.25, -0.2) is 0 Å². The average Bonchev–Trinajstić information content (AvgIpc) is 2.26. The first-order chi connectivity index (χ1) is 6.88. The van der Waals surface area contributed by atoms with Gasteiger partial charge in [0.2, 0.25) is 0 Å². The highest BCUT2D eigenvalue weighted by atomic mass is 14.1. The predicted octanol–water partition coefficient (Wildman–Crippen LogP) is 4.31. The number of allylic oxidation sites excluding steroid dienone is 3. The van der Waals surface area contributed by atoms with Crippen molar-refractivity contribution in [3.05, 3.63) is 60.7 Å². The topological polar surface area (TPSA) is 0 Å². The lowest BCUT2D eigenvalue weighted by molar-refractivity contribution is 0.751. The quantitative estimate of drug-likeness (QED) is 0.601. The summed E-state index contributed by atoms with van der Waals surface area (Å²) in [5.74, 6) is 0.493. The Morgan fingerprint density at radius 2 is 2.00 bits per heavy atom. The molecule has 74 valence electrons. The van der Waals surface area contributed by atoms with Gasteiger partial charge in [0, 0.05) is 5.92 Å². The van der Waals surface area contributed by atoms with Crippen molar-refractivity contribution >= 4 is 0 Å². The molecule has 0 amide bonds. The Kier molecular flexibility index (Phi) is 4.77. The van der Waals surface area contributed by atoms with Crippen LogP contribution < -0.4 is 0 Å². The number of hydrogen-bond donors (Lipinski definition) is 0. The highest BCUT2D eigenvalue weighted by Gasteiger charge is 2.04. The van der Waals surface area contributed by atoms with Gasteiger partial charge in [0.15, 0.2) is 0 Å². The summed E-state index contributed by atoms with van der Waals surface area (Å²) in [5, 5.41) is 0. The van der Waals surface area contributed by atoms with Crippen LogP contribution in [0.25, 0.3) is 0 Å². The fourth-order valence-electron chi connectivity index (χ4n) is 1.56. The van der Waals surface area contributed by atoms with Crippen molar-refractivity contribution in [1.29, 1.82) is 0 Å². The Bertz CT molecular complexity index is 282. The molecule has 0 aromatic heterocycles. The summed E-state index contributed by atoms with van der Waals surface area (Å²) >= 11 is 0. The Balaban J connectivity index is 2.58. The molecule has 1 aromatic carbocycles. The van der Waals surface area contributed by atoms with Gasteiger partial charge in [0.05, 0.1) is 0 Å². The van der Waals surface area contributed by atoms with Crippen LogP contribution in [-0.4, -0.2) is 0 Å². The number of rotatable bonds is 5. The van der Waals surface area contributed by atoms with E-state index in [2.05, 4.69) is 56.0 Å². The lowest BCUT2D eigenvalue weighted by atomic mass is 9.94. The summed E-state index contributed by atoms with van der Waals surface area (Å²) in [6.45, 7) is 5.95. The van der Waals surface area contributed by atoms with Gasteiger partial charge in [-0.15, -0.1) is 6.58 Å². The maximum absolute atomic E-state index is 3.89. The minimum atomic E-state index is 0.493. The summed E-state index contributed by atoms with van der Waals surface area (Å²) in [7, 11) is 0. The Morgan fingerprint density at radius 3 is 2.57 bits per heavy atom. The zero-order chi connectivity index (χ0) is 10.2. The molecule has 0 aliphatic rings. The minimum Gasteiger partial charge on any atom is -0.102 e. The molecule has 0 saturated carbocycles. The van der Waals surface area contributed by atoms with Crippen LogP contribution in [0.15, 0.2) is 55.1 Å². The molecule has 0 saturated heterocycles. The normalized spacial score (nSPS) is 12.9. The van der Waals surface area contributed by atoms with Crippen molar-refractivity contribution in [2.75, 3.05) is 0 Å². The largest absolute Gasteiger partial charge is 0.102 e. The zero-order valence-corrected chi connectivity index (χ0v) is 8.82. The van der Waals surface area contributed by atoms with Crippen molar-refractivity contribution in [2.45, 2.75) is 25.7 Å². The van der Waals surface area contributed by atoms with E-state index in [0.717, 1.165) is 12.8 Å². The molecule has 0 bridgehead atoms. The van der Waals surface area contributed by atoms with Gasteiger partial charge in [-0.2, -0.15) is 0 Å². The van der Waals surface area contributed by atoms with Crippen LogP contribution in [0.3, 0.4) is 0 Å². The lowest BCUT2D eigenvalue weighted by Crippen LogP contribution is -1.93. The molecule has 0 N–H and O–H groups in total. The first-order valence-electron chi connectivity index (χ1n) is 5.17. The molecular weight excluding hydrogens is 168 g/mol. The summed E-state index contributed by atoms with van der Waals surface area (Å²) in [4.78, 5) is 0. The third-order valence-corrected chi connectivity index (χ3v) is 2.39. The first-order valence-corrected chi connectivity index (χ1v) is 5.17. The average molecular weight is 186 g/mol. The van der Waals surface area contributed by atoms with Crippen LogP contribution in [0.1, 0.15) is 31.2 Å². The molecule has 1 aromatic rings. The van der Waals surface area contributed by atoms with Gasteiger partial charge in [-0.05, 0) is 25.3 Å². The molecule has 1 rings (SSSR count). The van der Waals surface area contributed by atoms with Gasteiger partial charge in [0.25, 0.3) is 0 Å². The third-order valence-electron chi connectivity index (χ3n) is 2.39. The molecule has 0 unspecified atom stereocenters. The van der Waals surface area contributed by atoms with Crippen molar-refractivity contribution in [2.24, 2.45) is 0 Å². The van der Waals surface area contributed by atoms with E-state index in [0.29, 0.717) is 5.92 Å². The van der Waals surface area contributed by atoms with E-state index < -0.39 is 0 Å². The molecule has 0 fully saturated rings. The van der Waals surface area contributed by atoms with Gasteiger partial charge < -0.3 is 0 Å². The molecule has 0 aliphatic carbocycles. The monoisotopic (exact) mass is 186 g/mol. The van der Waals surface area contributed by atoms with E-state index in [1.165, 1.54) is 5.56 Å². The molecule has 0 heterocycles. The maximum atomic E-state index is 3.89. The highest BCUT2D eigenvalue weighted by molar-refractivity contribution is 5.23. The van der Waals surface area contributed by atoms with E-state index >= 15 is 0 Å². The third kappa shape index (κ3) is 3.21. The molecular formula is C14H18. The summed E-state index contributed by atoms with van der Waals surface area (Å²) in [6.07, 6.45) is 8.63. The number of benzene rings is 1. The Hall–Kier alpha value is -1.30. The SMILES string of the molecule is C=C[C@H](CC/C=C\C)c1ccccc1. The number of hydrogen-bond acceptors (Lipinski definition) is 0. The van der Waals surface area contributed by atoms with Crippen molar-refractivity contribution < 1.29 is 0 Å². The van der Waals surface area contributed by atoms with E-state index in [-0.39, 0.29) is 0 Å². The summed E-state index contributed by atoms with van der Waals surface area (Å²) < 4.78 is 0. The molecule has 0 heteroatoms. The van der Waals surface area contributed by atoms with Gasteiger partial charge in [0.1, 0.15) is 0 Å². The predicted molar refractivity (Wildman–Crippen MR) is 63.4 cm³/mol. The van der Waals surface area contributed by atoms with Crippen LogP contribution in [0.4, 0.5) is 0 Å². The van der Waals surface area contributed by atoms with Crippen LogP contribution >= 0.6 is 0 Å². The highest BCUT2D eigenvalue weighted by Crippen LogP contribution is 2.21. The second kappa shape index (κ2) is 6.20.